The van der Waals surface area contributed by atoms with Gasteiger partial charge in [-0.15, -0.1) is 0 Å². The van der Waals surface area contributed by atoms with Crippen LogP contribution in [0.15, 0.2) is 23.2 Å². The summed E-state index contributed by atoms with van der Waals surface area (Å²) in [4.78, 5) is -0.684. The summed E-state index contributed by atoms with van der Waals surface area (Å²) in [7, 11) is -2.27. The molecule has 0 bridgehead atoms. The molecule has 0 saturated heterocycles. The normalized spacial score (nSPS) is 11.8. The monoisotopic (exact) mass is 287 g/mol. The highest BCUT2D eigenvalue weighted by Gasteiger charge is 2.22. The van der Waals surface area contributed by atoms with Gasteiger partial charge in [-0.2, -0.15) is 5.10 Å². The van der Waals surface area contributed by atoms with Crippen molar-refractivity contribution in [1.29, 1.82) is 0 Å². The first-order valence-electron chi connectivity index (χ1n) is 5.19. The molecule has 0 radical (unpaired) electrons. The molecule has 0 unspecified atom stereocenters. The number of hydrogen-bond donors (Lipinski definition) is 1. The molecule has 2 aromatic rings. The Hall–Kier alpha value is -1.96. The van der Waals surface area contributed by atoms with E-state index in [1.54, 1.807) is 7.05 Å². The van der Waals surface area contributed by atoms with Gasteiger partial charge in [0, 0.05) is 24.4 Å². The fraction of sp³-hybridized carbons (Fsp3) is 0.182. The Balaban J connectivity index is 2.70. The first-order chi connectivity index (χ1) is 8.73. The SMILES string of the molecule is Cn1ncc(-c2ccc(S(C)(=O)=O)c(F)c2F)c1N. The Morgan fingerprint density at radius 1 is 1.21 bits per heavy atom. The number of aryl methyl sites for hydroxylation is 1. The zero-order valence-electron chi connectivity index (χ0n) is 10.2. The van der Waals surface area contributed by atoms with E-state index >= 15 is 0 Å². The second-order valence-electron chi connectivity index (χ2n) is 4.08. The minimum Gasteiger partial charge on any atom is -0.383 e. The van der Waals surface area contributed by atoms with Crippen LogP contribution in [0.5, 0.6) is 0 Å². The molecule has 19 heavy (non-hydrogen) atoms. The maximum absolute atomic E-state index is 13.9. The lowest BCUT2D eigenvalue weighted by Crippen LogP contribution is -2.04. The van der Waals surface area contributed by atoms with Gasteiger partial charge in [0.15, 0.2) is 21.5 Å². The van der Waals surface area contributed by atoms with E-state index in [2.05, 4.69) is 5.10 Å². The minimum absolute atomic E-state index is 0.129. The number of rotatable bonds is 2. The van der Waals surface area contributed by atoms with Crippen molar-refractivity contribution >= 4 is 15.7 Å². The van der Waals surface area contributed by atoms with Crippen molar-refractivity contribution in [3.63, 3.8) is 0 Å². The Kier molecular flexibility index (Phi) is 3.05. The average Bonchev–Trinajstić information content (AvgIpc) is 2.62. The second-order valence-corrected chi connectivity index (χ2v) is 6.06. The lowest BCUT2D eigenvalue weighted by Gasteiger charge is -2.07. The summed E-state index contributed by atoms with van der Waals surface area (Å²) in [6.07, 6.45) is 2.09. The molecule has 0 amide bonds. The number of nitrogens with zero attached hydrogens (tertiary/aromatic N) is 2. The van der Waals surface area contributed by atoms with Gasteiger partial charge in [0.1, 0.15) is 10.7 Å². The number of hydrogen-bond acceptors (Lipinski definition) is 4. The maximum Gasteiger partial charge on any atom is 0.178 e. The number of anilines is 1. The fourth-order valence-electron chi connectivity index (χ4n) is 1.68. The summed E-state index contributed by atoms with van der Waals surface area (Å²) in [5.41, 5.74) is 5.75. The van der Waals surface area contributed by atoms with Crippen LogP contribution >= 0.6 is 0 Å². The molecule has 1 aromatic carbocycles. The molecule has 8 heteroatoms. The highest BCUT2D eigenvalue weighted by molar-refractivity contribution is 7.90. The lowest BCUT2D eigenvalue weighted by molar-refractivity contribution is 0.488. The van der Waals surface area contributed by atoms with Gasteiger partial charge >= 0.3 is 0 Å². The number of sulfone groups is 1. The average molecular weight is 287 g/mol. The molecule has 1 heterocycles. The number of nitrogen functional groups attached to an aromatic ring is 1. The first-order valence-corrected chi connectivity index (χ1v) is 7.08. The zero-order valence-corrected chi connectivity index (χ0v) is 11.0. The van der Waals surface area contributed by atoms with Crippen molar-refractivity contribution < 1.29 is 17.2 Å². The maximum atomic E-state index is 13.9. The van der Waals surface area contributed by atoms with Crippen molar-refractivity contribution in [3.05, 3.63) is 30.0 Å². The van der Waals surface area contributed by atoms with Crippen LogP contribution in [0.1, 0.15) is 0 Å². The van der Waals surface area contributed by atoms with Crippen LogP contribution in [0, 0.1) is 11.6 Å². The van der Waals surface area contributed by atoms with Crippen molar-refractivity contribution in [2.24, 2.45) is 7.05 Å². The van der Waals surface area contributed by atoms with E-state index < -0.39 is 26.4 Å². The molecular weight excluding hydrogens is 276 g/mol. The van der Waals surface area contributed by atoms with Gasteiger partial charge in [-0.3, -0.25) is 4.68 Å². The van der Waals surface area contributed by atoms with Crippen LogP contribution in [0.2, 0.25) is 0 Å². The molecule has 0 aliphatic rings. The largest absolute Gasteiger partial charge is 0.383 e. The number of benzene rings is 1. The first kappa shape index (κ1) is 13.5. The molecule has 0 saturated carbocycles. The minimum atomic E-state index is -3.83. The van der Waals surface area contributed by atoms with Gasteiger partial charge in [-0.05, 0) is 12.1 Å². The summed E-state index contributed by atoms with van der Waals surface area (Å²) in [6, 6.07) is 2.18. The summed E-state index contributed by atoms with van der Waals surface area (Å²) >= 11 is 0. The van der Waals surface area contributed by atoms with E-state index in [4.69, 9.17) is 5.73 Å². The molecule has 0 atom stereocenters. The third-order valence-corrected chi connectivity index (χ3v) is 3.84. The molecule has 0 aliphatic heterocycles. The van der Waals surface area contributed by atoms with E-state index in [1.165, 1.54) is 16.9 Å². The third kappa shape index (κ3) is 2.19. The summed E-state index contributed by atoms with van der Waals surface area (Å²) in [5.74, 6) is -2.52. The molecule has 2 N–H and O–H groups in total. The molecule has 0 aliphatic carbocycles. The Bertz CT molecular complexity index is 754. The van der Waals surface area contributed by atoms with Gasteiger partial charge in [-0.25, -0.2) is 17.2 Å². The van der Waals surface area contributed by atoms with Gasteiger partial charge < -0.3 is 5.73 Å². The molecule has 0 spiro atoms. The molecule has 5 nitrogen and oxygen atoms in total. The van der Waals surface area contributed by atoms with Crippen molar-refractivity contribution in [2.45, 2.75) is 4.90 Å². The standard InChI is InChI=1S/C11H11F2N3O2S/c1-16-11(14)7(5-15-16)6-3-4-8(19(2,17)18)10(13)9(6)12/h3-5H,14H2,1-2H3. The van der Waals surface area contributed by atoms with E-state index in [0.717, 1.165) is 12.3 Å². The van der Waals surface area contributed by atoms with E-state index in [-0.39, 0.29) is 16.9 Å². The van der Waals surface area contributed by atoms with Gasteiger partial charge in [0.2, 0.25) is 0 Å². The number of nitrogens with two attached hydrogens (primary N) is 1. The number of aromatic nitrogens is 2. The number of halogens is 2. The predicted octanol–water partition coefficient (Wildman–Crippen LogP) is 1.35. The van der Waals surface area contributed by atoms with Crippen LogP contribution in [0.4, 0.5) is 14.6 Å². The Morgan fingerprint density at radius 2 is 1.84 bits per heavy atom. The van der Waals surface area contributed by atoms with Crippen molar-refractivity contribution in [2.75, 3.05) is 12.0 Å². The lowest BCUT2D eigenvalue weighted by atomic mass is 10.1. The zero-order chi connectivity index (χ0) is 14.4. The fourth-order valence-corrected chi connectivity index (χ4v) is 2.41. The molecule has 0 fully saturated rings. The second kappa shape index (κ2) is 4.30. The molecule has 102 valence electrons. The quantitative estimate of drug-likeness (QED) is 0.904. The smallest absolute Gasteiger partial charge is 0.178 e. The van der Waals surface area contributed by atoms with Crippen LogP contribution in [0.25, 0.3) is 11.1 Å². The van der Waals surface area contributed by atoms with Crippen molar-refractivity contribution in [3.8, 4) is 11.1 Å². The highest BCUT2D eigenvalue weighted by atomic mass is 32.2. The van der Waals surface area contributed by atoms with Crippen LogP contribution in [-0.2, 0) is 16.9 Å². The van der Waals surface area contributed by atoms with E-state index in [0.29, 0.717) is 0 Å². The Labute approximate surface area is 108 Å². The molecule has 1 aromatic heterocycles. The van der Waals surface area contributed by atoms with Crippen LogP contribution in [-0.4, -0.2) is 24.5 Å². The van der Waals surface area contributed by atoms with Crippen LogP contribution < -0.4 is 5.73 Å². The summed E-state index contributed by atoms with van der Waals surface area (Å²) in [5, 5.41) is 3.82. The predicted molar refractivity (Wildman–Crippen MR) is 66.1 cm³/mol. The summed E-state index contributed by atoms with van der Waals surface area (Å²) < 4.78 is 51.6. The highest BCUT2D eigenvalue weighted by Crippen LogP contribution is 2.31. The van der Waals surface area contributed by atoms with E-state index in [1.807, 2.05) is 0 Å². The Morgan fingerprint density at radius 3 is 2.32 bits per heavy atom. The van der Waals surface area contributed by atoms with Crippen molar-refractivity contribution in [1.82, 2.24) is 9.78 Å². The topological polar surface area (TPSA) is 78.0 Å². The van der Waals surface area contributed by atoms with Gasteiger partial charge in [-0.1, -0.05) is 0 Å². The van der Waals surface area contributed by atoms with Crippen LogP contribution in [0.3, 0.4) is 0 Å². The van der Waals surface area contributed by atoms with Gasteiger partial charge in [0.05, 0.1) is 6.20 Å². The van der Waals surface area contributed by atoms with E-state index in [9.17, 15) is 17.2 Å². The third-order valence-electron chi connectivity index (χ3n) is 2.72. The molecular formula is C11H11F2N3O2S. The summed E-state index contributed by atoms with van der Waals surface area (Å²) in [6.45, 7) is 0. The van der Waals surface area contributed by atoms with Gasteiger partial charge in [0.25, 0.3) is 0 Å². The molecule has 2 rings (SSSR count).